The molecule has 0 aliphatic heterocycles. The molecule has 0 aliphatic rings. The number of benzene rings is 1. The fraction of sp³-hybridized carbons (Fsp3) is 0.724. The van der Waals surface area contributed by atoms with Gasteiger partial charge < -0.3 is 18.4 Å². The van der Waals surface area contributed by atoms with Gasteiger partial charge in [-0.2, -0.15) is 0 Å². The molecule has 0 bridgehead atoms. The van der Waals surface area contributed by atoms with Crippen molar-refractivity contribution in [3.63, 3.8) is 0 Å². The first kappa shape index (κ1) is 32.7. The summed E-state index contributed by atoms with van der Waals surface area (Å²) >= 11 is 0. The molecule has 1 rings (SSSR count). The summed E-state index contributed by atoms with van der Waals surface area (Å²) in [6, 6.07) is 12.1. The van der Waals surface area contributed by atoms with E-state index in [1.807, 2.05) is 25.1 Å². The largest absolute Gasteiger partial charge is 0.462 e. The summed E-state index contributed by atoms with van der Waals surface area (Å²) in [5, 5.41) is 0.0206. The molecule has 1 unspecified atom stereocenters. The van der Waals surface area contributed by atoms with Gasteiger partial charge >= 0.3 is 5.97 Å². The number of hydrogen-bond acceptors (Lipinski definition) is 5. The molecule has 0 aliphatic carbocycles. The van der Waals surface area contributed by atoms with Gasteiger partial charge in [-0.15, -0.1) is 0 Å². The zero-order valence-corrected chi connectivity index (χ0v) is 26.7. The Labute approximate surface area is 222 Å². The van der Waals surface area contributed by atoms with Crippen molar-refractivity contribution in [2.24, 2.45) is 17.8 Å². The lowest BCUT2D eigenvalue weighted by molar-refractivity contribution is -0.115. The van der Waals surface area contributed by atoms with Crippen LogP contribution in [0, 0.1) is 17.8 Å². The van der Waals surface area contributed by atoms with Crippen molar-refractivity contribution in [3.8, 4) is 0 Å². The van der Waals surface area contributed by atoms with Crippen LogP contribution in [-0.2, 0) is 18.4 Å². The Hall–Kier alpha value is -1.29. The Morgan fingerprint density at radius 3 is 1.89 bits per heavy atom. The Morgan fingerprint density at radius 1 is 0.917 bits per heavy atom. The van der Waals surface area contributed by atoms with Crippen molar-refractivity contribution in [1.29, 1.82) is 0 Å². The van der Waals surface area contributed by atoms with E-state index in [0.717, 1.165) is 24.4 Å². The summed E-state index contributed by atoms with van der Waals surface area (Å²) in [5.74, 6) is -0.681. The first-order valence-electron chi connectivity index (χ1n) is 13.7. The second-order valence-electron chi connectivity index (χ2n) is 12.0. The summed E-state index contributed by atoms with van der Waals surface area (Å²) in [6.07, 6.45) is 0.570. The molecule has 36 heavy (non-hydrogen) atoms. The van der Waals surface area contributed by atoms with Gasteiger partial charge in [0.05, 0.1) is 24.4 Å². The average molecular weight is 537 g/mol. The van der Waals surface area contributed by atoms with Crippen molar-refractivity contribution in [2.75, 3.05) is 6.61 Å². The smallest absolute Gasteiger partial charge is 0.338 e. The van der Waals surface area contributed by atoms with E-state index in [-0.39, 0.29) is 47.6 Å². The van der Waals surface area contributed by atoms with E-state index in [9.17, 15) is 9.59 Å². The number of carbonyl (C=O) groups is 2. The number of aldehydes is 1. The van der Waals surface area contributed by atoms with Gasteiger partial charge in [0, 0.05) is 17.8 Å². The molecule has 0 saturated carbocycles. The molecule has 5 nitrogen and oxygen atoms in total. The second kappa shape index (κ2) is 14.0. The monoisotopic (exact) mass is 536 g/mol. The van der Waals surface area contributed by atoms with Crippen LogP contribution in [-0.4, -0.2) is 47.7 Å². The Bertz CT molecular complexity index is 793. The topological polar surface area (TPSA) is 61.8 Å². The lowest BCUT2D eigenvalue weighted by Crippen LogP contribution is -2.53. The predicted octanol–water partition coefficient (Wildman–Crippen LogP) is 7.73. The van der Waals surface area contributed by atoms with Gasteiger partial charge in [-0.3, -0.25) is 0 Å². The molecule has 0 spiro atoms. The normalized spacial score (nSPS) is 17.1. The van der Waals surface area contributed by atoms with Crippen LogP contribution in [0.4, 0.5) is 0 Å². The van der Waals surface area contributed by atoms with Crippen LogP contribution >= 0.6 is 0 Å². The lowest BCUT2D eigenvalue weighted by Gasteiger charge is -2.46. The van der Waals surface area contributed by atoms with Gasteiger partial charge in [-0.25, -0.2) is 4.79 Å². The summed E-state index contributed by atoms with van der Waals surface area (Å²) < 4.78 is 19.7. The molecule has 206 valence electrons. The van der Waals surface area contributed by atoms with Gasteiger partial charge in [-0.05, 0) is 48.4 Å². The van der Waals surface area contributed by atoms with E-state index in [4.69, 9.17) is 13.6 Å². The zero-order chi connectivity index (χ0) is 27.7. The summed E-state index contributed by atoms with van der Waals surface area (Å²) in [6.45, 7) is 24.2. The molecule has 1 aromatic rings. The molecular formula is C29H52O5Si2. The fourth-order valence-corrected chi connectivity index (χ4v) is 8.95. The minimum atomic E-state index is -2.16. The SMILES string of the molecule is CC[Si](CC)(CC)O[C@H]([C@H](C)C(O[Si](C)(C)C(C)(C)C)[C@@H](C)COC(=O)c1ccccc1)[C@@H](C)C=O. The lowest BCUT2D eigenvalue weighted by atomic mass is 9.85. The molecule has 0 fully saturated rings. The number of ether oxygens (including phenoxy) is 1. The van der Waals surface area contributed by atoms with Gasteiger partial charge in [0.2, 0.25) is 0 Å². The zero-order valence-electron chi connectivity index (χ0n) is 24.7. The summed E-state index contributed by atoms with van der Waals surface area (Å²) in [4.78, 5) is 24.7. The Kier molecular flexibility index (Phi) is 12.8. The third kappa shape index (κ3) is 8.64. The highest BCUT2D eigenvalue weighted by Crippen LogP contribution is 2.41. The van der Waals surface area contributed by atoms with Crippen LogP contribution in [0.15, 0.2) is 30.3 Å². The van der Waals surface area contributed by atoms with Crippen LogP contribution in [0.2, 0.25) is 36.3 Å². The molecule has 0 radical (unpaired) electrons. The standard InChI is InChI=1S/C29H52O5Si2/c1-12-36(13-2,14-3)34-26(22(4)20-30)24(6)27(33-35(10,11)29(7,8)9)23(5)21-32-28(31)25-18-16-15-17-19-25/h15-20,22-24,26-27H,12-14,21H2,1-11H3/t22-,23-,24-,26-,27?/m0/s1. The van der Waals surface area contributed by atoms with Gasteiger partial charge in [0.1, 0.15) is 6.29 Å². The van der Waals surface area contributed by atoms with Crippen molar-refractivity contribution >= 4 is 28.9 Å². The van der Waals surface area contributed by atoms with Crippen molar-refractivity contribution in [2.45, 2.75) is 111 Å². The van der Waals surface area contributed by atoms with Gasteiger partial charge in [0.15, 0.2) is 16.6 Å². The summed E-state index contributed by atoms with van der Waals surface area (Å²) in [7, 11) is -4.13. The van der Waals surface area contributed by atoms with Crippen LogP contribution < -0.4 is 0 Å². The predicted molar refractivity (Wildman–Crippen MR) is 154 cm³/mol. The van der Waals surface area contributed by atoms with Gasteiger partial charge in [-0.1, -0.05) is 80.5 Å². The van der Waals surface area contributed by atoms with E-state index in [0.29, 0.717) is 5.56 Å². The maximum Gasteiger partial charge on any atom is 0.338 e. The third-order valence-electron chi connectivity index (χ3n) is 8.37. The van der Waals surface area contributed by atoms with Crippen molar-refractivity contribution in [1.82, 2.24) is 0 Å². The minimum absolute atomic E-state index is 0.0206. The highest BCUT2D eigenvalue weighted by atomic mass is 28.4. The molecule has 0 saturated heterocycles. The first-order chi connectivity index (χ1) is 16.7. The van der Waals surface area contributed by atoms with E-state index in [2.05, 4.69) is 68.5 Å². The minimum Gasteiger partial charge on any atom is -0.462 e. The fourth-order valence-electron chi connectivity index (χ4n) is 4.46. The molecule has 0 amide bonds. The second-order valence-corrected chi connectivity index (χ2v) is 21.4. The quantitative estimate of drug-likeness (QED) is 0.130. The van der Waals surface area contributed by atoms with Crippen molar-refractivity contribution in [3.05, 3.63) is 35.9 Å². The maximum absolute atomic E-state index is 12.7. The molecule has 0 aromatic heterocycles. The van der Waals surface area contributed by atoms with Crippen LogP contribution in [0.1, 0.15) is 72.7 Å². The number of esters is 1. The van der Waals surface area contributed by atoms with Gasteiger partial charge in [0.25, 0.3) is 0 Å². The Morgan fingerprint density at radius 2 is 1.44 bits per heavy atom. The first-order valence-corrected chi connectivity index (χ1v) is 19.1. The maximum atomic E-state index is 12.7. The Balaban J connectivity index is 3.31. The molecule has 0 N–H and O–H groups in total. The average Bonchev–Trinajstić information content (AvgIpc) is 2.85. The highest BCUT2D eigenvalue weighted by Gasteiger charge is 2.45. The van der Waals surface area contributed by atoms with Crippen molar-refractivity contribution < 1.29 is 23.2 Å². The van der Waals surface area contributed by atoms with E-state index in [1.54, 1.807) is 12.1 Å². The third-order valence-corrected chi connectivity index (χ3v) is 17.5. The van der Waals surface area contributed by atoms with Crippen LogP contribution in [0.25, 0.3) is 0 Å². The van der Waals surface area contributed by atoms with E-state index >= 15 is 0 Å². The van der Waals surface area contributed by atoms with Crippen LogP contribution in [0.3, 0.4) is 0 Å². The number of hydrogen-bond donors (Lipinski definition) is 0. The summed E-state index contributed by atoms with van der Waals surface area (Å²) in [5.41, 5.74) is 0.542. The number of carbonyl (C=O) groups excluding carboxylic acids is 2. The molecular weight excluding hydrogens is 484 g/mol. The van der Waals surface area contributed by atoms with Crippen LogP contribution in [0.5, 0.6) is 0 Å². The van der Waals surface area contributed by atoms with E-state index < -0.39 is 16.6 Å². The number of rotatable bonds is 15. The molecule has 1 aromatic carbocycles. The molecule has 5 atom stereocenters. The molecule has 7 heteroatoms. The highest BCUT2D eigenvalue weighted by molar-refractivity contribution is 6.74. The molecule has 0 heterocycles. The van der Waals surface area contributed by atoms with E-state index in [1.165, 1.54) is 0 Å².